The van der Waals surface area contributed by atoms with Crippen LogP contribution in [0.15, 0.2) is 18.2 Å². The van der Waals surface area contributed by atoms with Gasteiger partial charge in [0.1, 0.15) is 15.6 Å². The van der Waals surface area contributed by atoms with E-state index in [0.717, 1.165) is 0 Å². The van der Waals surface area contributed by atoms with Gasteiger partial charge in [0, 0.05) is 16.8 Å². The molecule has 6 heteroatoms. The van der Waals surface area contributed by atoms with Crippen molar-refractivity contribution in [2.24, 2.45) is 0 Å². The molecule has 1 rings (SSSR count). The van der Waals surface area contributed by atoms with E-state index in [1.54, 1.807) is 25.1 Å². The standard InChI is InChI=1S/C11H14Cl2O3S/c1-2-17(14,15)7-3-6-16-11-8-9(12)4-5-10(11)13/h4-5,8H,2-3,6-7H2,1H3. The molecule has 0 atom stereocenters. The quantitative estimate of drug-likeness (QED) is 0.757. The average Bonchev–Trinajstić information content (AvgIpc) is 2.29. The molecule has 0 unspecified atom stereocenters. The van der Waals surface area contributed by atoms with E-state index in [0.29, 0.717) is 28.8 Å². The highest BCUT2D eigenvalue weighted by Gasteiger charge is 2.07. The molecule has 17 heavy (non-hydrogen) atoms. The summed E-state index contributed by atoms with van der Waals surface area (Å²) in [6, 6.07) is 4.92. The van der Waals surface area contributed by atoms with Crippen LogP contribution in [-0.2, 0) is 9.84 Å². The van der Waals surface area contributed by atoms with E-state index in [9.17, 15) is 8.42 Å². The summed E-state index contributed by atoms with van der Waals surface area (Å²) in [7, 11) is -2.93. The van der Waals surface area contributed by atoms with E-state index in [1.807, 2.05) is 0 Å². The lowest BCUT2D eigenvalue weighted by molar-refractivity contribution is 0.318. The maximum atomic E-state index is 11.2. The Balaban J connectivity index is 2.44. The zero-order valence-electron chi connectivity index (χ0n) is 9.45. The van der Waals surface area contributed by atoms with Gasteiger partial charge in [-0.2, -0.15) is 0 Å². The minimum absolute atomic E-state index is 0.127. The highest BCUT2D eigenvalue weighted by Crippen LogP contribution is 2.27. The van der Waals surface area contributed by atoms with E-state index in [2.05, 4.69) is 0 Å². The molecule has 0 heterocycles. The lowest BCUT2D eigenvalue weighted by Crippen LogP contribution is -2.11. The van der Waals surface area contributed by atoms with E-state index in [1.165, 1.54) is 0 Å². The number of hydrogen-bond acceptors (Lipinski definition) is 3. The van der Waals surface area contributed by atoms with Crippen LogP contribution in [0.1, 0.15) is 13.3 Å². The van der Waals surface area contributed by atoms with Gasteiger partial charge in [0.25, 0.3) is 0 Å². The molecule has 0 aliphatic rings. The summed E-state index contributed by atoms with van der Waals surface area (Å²) in [6.07, 6.45) is 0.443. The Bertz CT molecular complexity index is 472. The minimum atomic E-state index is -2.93. The first-order chi connectivity index (χ1) is 7.94. The van der Waals surface area contributed by atoms with Gasteiger partial charge in [0.2, 0.25) is 0 Å². The molecule has 0 N–H and O–H groups in total. The maximum absolute atomic E-state index is 11.2. The van der Waals surface area contributed by atoms with E-state index in [-0.39, 0.29) is 11.5 Å². The summed E-state index contributed by atoms with van der Waals surface area (Å²) in [5, 5.41) is 0.998. The molecule has 0 fully saturated rings. The zero-order valence-corrected chi connectivity index (χ0v) is 11.8. The highest BCUT2D eigenvalue weighted by molar-refractivity contribution is 7.91. The van der Waals surface area contributed by atoms with Crippen LogP contribution >= 0.6 is 23.2 Å². The van der Waals surface area contributed by atoms with E-state index < -0.39 is 9.84 Å². The fourth-order valence-corrected chi connectivity index (χ4v) is 2.37. The van der Waals surface area contributed by atoms with Crippen LogP contribution in [0.25, 0.3) is 0 Å². The lowest BCUT2D eigenvalue weighted by Gasteiger charge is -2.08. The van der Waals surface area contributed by atoms with Crippen molar-refractivity contribution < 1.29 is 13.2 Å². The Morgan fingerprint density at radius 2 is 2.00 bits per heavy atom. The fourth-order valence-electron chi connectivity index (χ4n) is 1.19. The first kappa shape index (κ1) is 14.6. The summed E-state index contributed by atoms with van der Waals surface area (Å²) in [6.45, 7) is 1.93. The summed E-state index contributed by atoms with van der Waals surface area (Å²) in [5.41, 5.74) is 0. The Morgan fingerprint density at radius 1 is 1.29 bits per heavy atom. The van der Waals surface area contributed by atoms with Crippen molar-refractivity contribution in [1.29, 1.82) is 0 Å². The highest BCUT2D eigenvalue weighted by atomic mass is 35.5. The van der Waals surface area contributed by atoms with Crippen LogP contribution in [0.4, 0.5) is 0 Å². The zero-order chi connectivity index (χ0) is 12.9. The maximum Gasteiger partial charge on any atom is 0.150 e. The molecule has 0 aliphatic carbocycles. The topological polar surface area (TPSA) is 43.4 Å². The molecule has 0 aromatic heterocycles. The van der Waals surface area contributed by atoms with Crippen molar-refractivity contribution in [2.45, 2.75) is 13.3 Å². The Morgan fingerprint density at radius 3 is 2.65 bits per heavy atom. The number of hydrogen-bond donors (Lipinski definition) is 0. The molecule has 0 bridgehead atoms. The van der Waals surface area contributed by atoms with Crippen molar-refractivity contribution in [3.63, 3.8) is 0 Å². The van der Waals surface area contributed by atoms with Crippen LogP contribution in [0.3, 0.4) is 0 Å². The Kier molecular flexibility index (Phi) is 5.56. The van der Waals surface area contributed by atoms with Gasteiger partial charge in [-0.3, -0.25) is 0 Å². The second-order valence-corrected chi connectivity index (χ2v) is 6.83. The molecule has 0 spiro atoms. The van der Waals surface area contributed by atoms with Gasteiger partial charge in [0.15, 0.2) is 0 Å². The molecular weight excluding hydrogens is 283 g/mol. The van der Waals surface area contributed by atoms with Gasteiger partial charge < -0.3 is 4.74 Å². The van der Waals surface area contributed by atoms with Gasteiger partial charge in [-0.25, -0.2) is 8.42 Å². The SMILES string of the molecule is CCS(=O)(=O)CCCOc1cc(Cl)ccc1Cl. The third kappa shape index (κ3) is 5.15. The summed E-state index contributed by atoms with van der Waals surface area (Å²) in [5.74, 6) is 0.764. The van der Waals surface area contributed by atoms with Gasteiger partial charge in [0.05, 0.1) is 17.4 Å². The molecule has 0 saturated heterocycles. The van der Waals surface area contributed by atoms with E-state index >= 15 is 0 Å². The minimum Gasteiger partial charge on any atom is -0.492 e. The molecule has 3 nitrogen and oxygen atoms in total. The summed E-state index contributed by atoms with van der Waals surface area (Å²) >= 11 is 11.7. The molecule has 1 aromatic rings. The van der Waals surface area contributed by atoms with Crippen LogP contribution in [0.2, 0.25) is 10.0 Å². The van der Waals surface area contributed by atoms with Crippen molar-refractivity contribution in [3.05, 3.63) is 28.2 Å². The largest absolute Gasteiger partial charge is 0.492 e. The first-order valence-electron chi connectivity index (χ1n) is 5.23. The van der Waals surface area contributed by atoms with Crippen molar-refractivity contribution >= 4 is 33.0 Å². The third-order valence-electron chi connectivity index (χ3n) is 2.19. The summed E-state index contributed by atoms with van der Waals surface area (Å²) in [4.78, 5) is 0. The van der Waals surface area contributed by atoms with Crippen LogP contribution in [-0.4, -0.2) is 26.5 Å². The fraction of sp³-hybridized carbons (Fsp3) is 0.455. The predicted octanol–water partition coefficient (Wildman–Crippen LogP) is 3.20. The van der Waals surface area contributed by atoms with Crippen molar-refractivity contribution in [1.82, 2.24) is 0 Å². The molecule has 0 radical (unpaired) electrons. The lowest BCUT2D eigenvalue weighted by atomic mass is 10.3. The molecule has 0 saturated carbocycles. The van der Waals surface area contributed by atoms with Gasteiger partial charge in [-0.05, 0) is 18.6 Å². The normalized spacial score (nSPS) is 11.5. The number of benzene rings is 1. The van der Waals surface area contributed by atoms with Crippen LogP contribution < -0.4 is 4.74 Å². The van der Waals surface area contributed by atoms with Crippen LogP contribution in [0.5, 0.6) is 5.75 Å². The summed E-state index contributed by atoms with van der Waals surface area (Å²) < 4.78 is 27.8. The predicted molar refractivity (Wildman–Crippen MR) is 70.9 cm³/mol. The van der Waals surface area contributed by atoms with Gasteiger partial charge >= 0.3 is 0 Å². The number of rotatable bonds is 6. The van der Waals surface area contributed by atoms with Gasteiger partial charge in [-0.15, -0.1) is 0 Å². The van der Waals surface area contributed by atoms with Gasteiger partial charge in [-0.1, -0.05) is 30.1 Å². The monoisotopic (exact) mass is 296 g/mol. The van der Waals surface area contributed by atoms with Crippen LogP contribution in [0, 0.1) is 0 Å². The second-order valence-electron chi connectivity index (χ2n) is 3.51. The number of halogens is 2. The van der Waals surface area contributed by atoms with Crippen molar-refractivity contribution in [3.8, 4) is 5.75 Å². The molecule has 0 amide bonds. The Labute approximate surface area is 112 Å². The molecule has 1 aromatic carbocycles. The second kappa shape index (κ2) is 6.47. The van der Waals surface area contributed by atoms with E-state index in [4.69, 9.17) is 27.9 Å². The number of sulfone groups is 1. The molecule has 0 aliphatic heterocycles. The van der Waals surface area contributed by atoms with Crippen molar-refractivity contribution in [2.75, 3.05) is 18.1 Å². The molecule has 96 valence electrons. The molecular formula is C11H14Cl2O3S. The first-order valence-corrected chi connectivity index (χ1v) is 7.80. The average molecular weight is 297 g/mol. The smallest absolute Gasteiger partial charge is 0.150 e. The number of ether oxygens (including phenoxy) is 1. The Hall–Kier alpha value is -0.450. The third-order valence-corrected chi connectivity index (χ3v) is 4.53.